The molecule has 6 heteroatoms. The van der Waals surface area contributed by atoms with Gasteiger partial charge in [-0.2, -0.15) is 0 Å². The van der Waals surface area contributed by atoms with Crippen molar-refractivity contribution in [3.8, 4) is 5.75 Å². The number of Topliss-reactive ketones (excluding diaryl/α,β-unsaturated/α-hetero) is 1. The van der Waals surface area contributed by atoms with Gasteiger partial charge in [-0.05, 0) is 87.6 Å². The Morgan fingerprint density at radius 2 is 1.69 bits per heavy atom. The highest BCUT2D eigenvalue weighted by Crippen LogP contribution is 2.23. The lowest BCUT2D eigenvalue weighted by molar-refractivity contribution is -0.133. The summed E-state index contributed by atoms with van der Waals surface area (Å²) in [4.78, 5) is 29.6. The summed E-state index contributed by atoms with van der Waals surface area (Å²) in [6.07, 6.45) is 11.7. The molecule has 0 saturated heterocycles. The smallest absolute Gasteiger partial charge is 0.223 e. The Morgan fingerprint density at radius 3 is 2.23 bits per heavy atom. The Morgan fingerprint density at radius 1 is 1.02 bits per heavy atom. The number of hydrogen-bond acceptors (Lipinski definition) is 5. The zero-order chi connectivity index (χ0) is 36.2. The largest absolute Gasteiger partial charge is 0.507 e. The maximum atomic E-state index is 12.5. The van der Waals surface area contributed by atoms with Crippen LogP contribution in [0.1, 0.15) is 93.0 Å². The van der Waals surface area contributed by atoms with Crippen LogP contribution in [0.4, 0.5) is 0 Å². The molecule has 0 aliphatic rings. The first-order valence-corrected chi connectivity index (χ1v) is 16.6. The standard InChI is InChI=1S/C20H31NO3.C11H13N.C11H12O/c1-6-7-11-18(14-24-15(2)3)21(5)19(22)13-12-17-10-8-9-16(4)20(17)23;1-4-6-11-8-12-9(3)7-10(11)5-2;1-8(2)10-6-4-5-7-11(10)9(3)12/h8-10,18,23H,2,6-7,11-14H2,1,3-5H3;4-8H,1H2,2-3H3;4-7H,1H2,2-3H3/b;10-5-,11-6-;. The fraction of sp³-hybridized carbons (Fsp3) is 0.357. The third kappa shape index (κ3) is 14.4. The monoisotopic (exact) mass is 652 g/mol. The molecular weight excluding hydrogens is 596 g/mol. The summed E-state index contributed by atoms with van der Waals surface area (Å²) in [5, 5.41) is 12.4. The highest BCUT2D eigenvalue weighted by Gasteiger charge is 2.20. The summed E-state index contributed by atoms with van der Waals surface area (Å²) in [6, 6.07) is 15.3. The zero-order valence-corrected chi connectivity index (χ0v) is 30.4. The molecule has 3 rings (SSSR count). The Bertz CT molecular complexity index is 1620. The highest BCUT2D eigenvalue weighted by molar-refractivity contribution is 5.98. The fourth-order valence-corrected chi connectivity index (χ4v) is 4.88. The predicted molar refractivity (Wildman–Crippen MR) is 202 cm³/mol. The van der Waals surface area contributed by atoms with Crippen LogP contribution in [0.2, 0.25) is 0 Å². The predicted octanol–water partition coefficient (Wildman–Crippen LogP) is 8.28. The molecule has 1 amide bonds. The molecule has 3 aromatic rings. The number of carbonyl (C=O) groups excluding carboxylic acids is 2. The second-order valence-electron chi connectivity index (χ2n) is 11.9. The molecule has 1 atom stereocenters. The SMILES string of the molecule is C=C(C)OCC(CCCC)N(C)C(=O)CCc1cccc(C)c1O.C=C(C)c1ccccc1C(C)=O.C=C/C=c1/cnc(C)c/c1=C/C. The van der Waals surface area contributed by atoms with E-state index >= 15 is 0 Å². The first-order valence-electron chi connectivity index (χ1n) is 16.6. The van der Waals surface area contributed by atoms with Crippen LogP contribution < -0.4 is 10.4 Å². The number of unbranched alkanes of at least 4 members (excludes halogenated alkanes) is 1. The molecule has 0 radical (unpaired) electrons. The lowest BCUT2D eigenvalue weighted by atomic mass is 10.00. The number of ether oxygens (including phenoxy) is 1. The van der Waals surface area contributed by atoms with Gasteiger partial charge < -0.3 is 14.7 Å². The van der Waals surface area contributed by atoms with Crippen LogP contribution >= 0.6 is 0 Å². The van der Waals surface area contributed by atoms with Crippen LogP contribution in [-0.2, 0) is 16.0 Å². The number of hydrogen-bond donors (Lipinski definition) is 1. The molecule has 0 aliphatic heterocycles. The second kappa shape index (κ2) is 22.0. The number of allylic oxidation sites excluding steroid dienone is 3. The van der Waals surface area contributed by atoms with E-state index in [-0.39, 0.29) is 17.7 Å². The van der Waals surface area contributed by atoms with Crippen molar-refractivity contribution in [3.63, 3.8) is 0 Å². The van der Waals surface area contributed by atoms with Crippen LogP contribution in [0.15, 0.2) is 86.3 Å². The van der Waals surface area contributed by atoms with Crippen molar-refractivity contribution in [2.45, 2.75) is 86.6 Å². The third-order valence-electron chi connectivity index (χ3n) is 7.76. The van der Waals surface area contributed by atoms with Gasteiger partial charge in [0.15, 0.2) is 5.78 Å². The lowest BCUT2D eigenvalue weighted by Crippen LogP contribution is -2.40. The molecule has 6 nitrogen and oxygen atoms in total. The molecule has 1 N–H and O–H groups in total. The number of benzene rings is 2. The van der Waals surface area contributed by atoms with Crippen molar-refractivity contribution in [3.05, 3.63) is 125 Å². The Kier molecular flexibility index (Phi) is 18.9. The molecule has 1 unspecified atom stereocenters. The Balaban J connectivity index is 0.000000400. The number of aromatic nitrogens is 1. The van der Waals surface area contributed by atoms with Gasteiger partial charge in [-0.3, -0.25) is 14.6 Å². The first kappa shape index (κ1) is 41.3. The van der Waals surface area contributed by atoms with Crippen LogP contribution in [0.3, 0.4) is 0 Å². The number of phenolic OH excluding ortho intramolecular Hbond substituents is 1. The van der Waals surface area contributed by atoms with Gasteiger partial charge in [-0.15, -0.1) is 0 Å². The molecule has 0 bridgehead atoms. The van der Waals surface area contributed by atoms with Gasteiger partial charge in [0.05, 0.1) is 11.8 Å². The zero-order valence-electron chi connectivity index (χ0n) is 30.4. The van der Waals surface area contributed by atoms with E-state index in [1.54, 1.807) is 17.9 Å². The maximum Gasteiger partial charge on any atom is 0.223 e. The molecule has 2 aromatic carbocycles. The van der Waals surface area contributed by atoms with E-state index in [9.17, 15) is 14.7 Å². The van der Waals surface area contributed by atoms with E-state index in [1.165, 1.54) is 5.22 Å². The van der Waals surface area contributed by atoms with Crippen molar-refractivity contribution in [1.82, 2.24) is 9.88 Å². The molecule has 1 aromatic heterocycles. The highest BCUT2D eigenvalue weighted by atomic mass is 16.5. The van der Waals surface area contributed by atoms with Gasteiger partial charge in [-0.1, -0.05) is 106 Å². The quantitative estimate of drug-likeness (QED) is 0.149. The van der Waals surface area contributed by atoms with E-state index < -0.39 is 0 Å². The summed E-state index contributed by atoms with van der Waals surface area (Å²) >= 11 is 0. The number of aryl methyl sites for hydroxylation is 3. The molecule has 258 valence electrons. The van der Waals surface area contributed by atoms with E-state index in [0.717, 1.165) is 58.0 Å². The average molecular weight is 653 g/mol. The lowest BCUT2D eigenvalue weighted by Gasteiger charge is -2.28. The molecule has 48 heavy (non-hydrogen) atoms. The minimum absolute atomic E-state index is 0.0558. The second-order valence-corrected chi connectivity index (χ2v) is 11.9. The number of para-hydroxylation sites is 1. The van der Waals surface area contributed by atoms with Gasteiger partial charge in [0.1, 0.15) is 12.4 Å². The van der Waals surface area contributed by atoms with E-state index in [2.05, 4.69) is 43.8 Å². The number of phenols is 1. The van der Waals surface area contributed by atoms with Crippen molar-refractivity contribution in [2.75, 3.05) is 13.7 Å². The summed E-state index contributed by atoms with van der Waals surface area (Å²) in [5.41, 5.74) is 5.34. The van der Waals surface area contributed by atoms with E-state index in [4.69, 9.17) is 4.74 Å². The Hall–Kier alpha value is -4.71. The number of rotatable bonds is 13. The summed E-state index contributed by atoms with van der Waals surface area (Å²) in [7, 11) is 1.83. The summed E-state index contributed by atoms with van der Waals surface area (Å²) in [6.45, 7) is 25.0. The number of aromatic hydroxyl groups is 1. The number of likely N-dealkylation sites (N-methyl/N-ethyl adjacent to an activating group) is 1. The van der Waals surface area contributed by atoms with Crippen molar-refractivity contribution >= 4 is 29.4 Å². The molecular formula is C42H56N2O4. The normalized spacial score (nSPS) is 11.7. The van der Waals surface area contributed by atoms with Gasteiger partial charge in [-0.25, -0.2) is 0 Å². The average Bonchev–Trinajstić information content (AvgIpc) is 3.06. The summed E-state index contributed by atoms with van der Waals surface area (Å²) < 4.78 is 5.54. The minimum atomic E-state index is 0.0558. The van der Waals surface area contributed by atoms with Crippen LogP contribution in [0.25, 0.3) is 17.7 Å². The van der Waals surface area contributed by atoms with Gasteiger partial charge in [0.25, 0.3) is 0 Å². The number of pyridine rings is 1. The number of amides is 1. The molecule has 0 fully saturated rings. The number of carbonyl (C=O) groups is 2. The van der Waals surface area contributed by atoms with Crippen LogP contribution in [-0.4, -0.2) is 46.4 Å². The molecule has 1 heterocycles. The summed E-state index contributed by atoms with van der Waals surface area (Å²) in [5.74, 6) is 1.12. The van der Waals surface area contributed by atoms with Gasteiger partial charge >= 0.3 is 0 Å². The van der Waals surface area contributed by atoms with Gasteiger partial charge in [0, 0.05) is 30.9 Å². The van der Waals surface area contributed by atoms with Crippen LogP contribution in [0.5, 0.6) is 5.75 Å². The molecule has 0 aliphatic carbocycles. The fourth-order valence-electron chi connectivity index (χ4n) is 4.88. The van der Waals surface area contributed by atoms with E-state index in [0.29, 0.717) is 31.0 Å². The van der Waals surface area contributed by atoms with E-state index in [1.807, 2.05) is 96.4 Å². The molecule has 0 saturated carbocycles. The van der Waals surface area contributed by atoms with Crippen molar-refractivity contribution < 1.29 is 19.4 Å². The minimum Gasteiger partial charge on any atom is -0.507 e. The maximum absolute atomic E-state index is 12.5. The first-order chi connectivity index (χ1) is 22.8. The van der Waals surface area contributed by atoms with Crippen LogP contribution in [0, 0.1) is 13.8 Å². The third-order valence-corrected chi connectivity index (χ3v) is 7.76. The van der Waals surface area contributed by atoms with Gasteiger partial charge in [0.2, 0.25) is 5.91 Å². The topological polar surface area (TPSA) is 79.7 Å². The van der Waals surface area contributed by atoms with Crippen molar-refractivity contribution in [2.24, 2.45) is 0 Å². The Labute approximate surface area is 288 Å². The molecule has 0 spiro atoms. The van der Waals surface area contributed by atoms with Crippen molar-refractivity contribution in [1.29, 1.82) is 0 Å². The number of ketones is 1. The number of nitrogens with zero attached hydrogens (tertiary/aromatic N) is 2.